The van der Waals surface area contributed by atoms with Crippen LogP contribution in [-0.2, 0) is 9.59 Å². The number of halogens is 1. The highest BCUT2D eigenvalue weighted by Gasteiger charge is 2.34. The predicted molar refractivity (Wildman–Crippen MR) is 89.7 cm³/mol. The predicted octanol–water partition coefficient (Wildman–Crippen LogP) is 0.497. The van der Waals surface area contributed by atoms with Crippen molar-refractivity contribution in [3.8, 4) is 0 Å². The molecule has 128 valence electrons. The lowest BCUT2D eigenvalue weighted by atomic mass is 10.1. The molecule has 2 heterocycles. The Kier molecular flexibility index (Phi) is 5.01. The number of amides is 3. The molecule has 2 saturated heterocycles. The van der Waals surface area contributed by atoms with Crippen LogP contribution in [0.1, 0.15) is 23.2 Å². The summed E-state index contributed by atoms with van der Waals surface area (Å²) in [4.78, 5) is 37.7. The normalized spacial score (nSPS) is 21.4. The number of benzene rings is 1. The zero-order valence-corrected chi connectivity index (χ0v) is 13.9. The van der Waals surface area contributed by atoms with Crippen LogP contribution in [0.2, 0.25) is 0 Å². The maximum absolute atomic E-state index is 12.5. The Labute approximate surface area is 145 Å². The van der Waals surface area contributed by atoms with E-state index in [4.69, 9.17) is 11.8 Å². The molecule has 2 N–H and O–H groups in total. The van der Waals surface area contributed by atoms with Crippen molar-refractivity contribution in [2.24, 2.45) is 0 Å². The summed E-state index contributed by atoms with van der Waals surface area (Å²) in [5, 5.41) is 5.49. The first-order valence-electron chi connectivity index (χ1n) is 7.95. The molecule has 3 amide bonds. The molecule has 0 saturated carbocycles. The number of carbonyl (C=O) groups excluding carboxylic acids is 3. The topological polar surface area (TPSA) is 81.8 Å². The van der Waals surface area contributed by atoms with E-state index in [9.17, 15) is 14.4 Å². The molecule has 2 aliphatic rings. The van der Waals surface area contributed by atoms with Crippen LogP contribution in [0.5, 0.6) is 0 Å². The Balaban J connectivity index is 1.68. The summed E-state index contributed by atoms with van der Waals surface area (Å²) < 4.78 is 0.890. The van der Waals surface area contributed by atoms with Gasteiger partial charge < -0.3 is 10.2 Å². The molecular formula is C16H19ClN4O3. The van der Waals surface area contributed by atoms with Crippen LogP contribution in [-0.4, -0.2) is 54.4 Å². The largest absolute Gasteiger partial charge is 0.369 e. The maximum Gasteiger partial charge on any atom is 0.268 e. The van der Waals surface area contributed by atoms with Crippen molar-refractivity contribution in [3.63, 3.8) is 0 Å². The fourth-order valence-electron chi connectivity index (χ4n) is 2.90. The number of imide groups is 1. The quantitative estimate of drug-likeness (QED) is 0.613. The van der Waals surface area contributed by atoms with Crippen molar-refractivity contribution in [2.45, 2.75) is 18.9 Å². The SMILES string of the molecule is O=C1CC[C@H](N(Cl)C(=O)c2ccc(N3CCNCC3)cc2)C(=O)N1. The average Bonchev–Trinajstić information content (AvgIpc) is 2.61. The number of nitrogens with one attached hydrogen (secondary N) is 2. The van der Waals surface area contributed by atoms with Crippen LogP contribution in [0.25, 0.3) is 0 Å². The zero-order valence-electron chi connectivity index (χ0n) is 13.1. The van der Waals surface area contributed by atoms with Gasteiger partial charge in [0.2, 0.25) is 5.91 Å². The lowest BCUT2D eigenvalue weighted by Gasteiger charge is -2.30. The summed E-state index contributed by atoms with van der Waals surface area (Å²) in [6.45, 7) is 3.72. The van der Waals surface area contributed by atoms with Crippen LogP contribution < -0.4 is 15.5 Å². The van der Waals surface area contributed by atoms with Gasteiger partial charge in [-0.2, -0.15) is 0 Å². The molecule has 1 atom stereocenters. The Morgan fingerprint density at radius 2 is 1.83 bits per heavy atom. The van der Waals surface area contributed by atoms with Crippen LogP contribution in [0.3, 0.4) is 0 Å². The van der Waals surface area contributed by atoms with Crippen LogP contribution in [0, 0.1) is 0 Å². The Bertz CT molecular complexity index is 643. The maximum atomic E-state index is 12.5. The summed E-state index contributed by atoms with van der Waals surface area (Å²) >= 11 is 6.07. The molecule has 0 aromatic heterocycles. The molecule has 3 rings (SSSR count). The van der Waals surface area contributed by atoms with Crippen molar-refractivity contribution < 1.29 is 14.4 Å². The van der Waals surface area contributed by atoms with Gasteiger partial charge in [-0.3, -0.25) is 19.7 Å². The third-order valence-corrected chi connectivity index (χ3v) is 4.66. The number of anilines is 1. The van der Waals surface area contributed by atoms with Gasteiger partial charge in [0.15, 0.2) is 0 Å². The Morgan fingerprint density at radius 1 is 1.17 bits per heavy atom. The molecule has 0 unspecified atom stereocenters. The van der Waals surface area contributed by atoms with E-state index in [2.05, 4.69) is 15.5 Å². The fraction of sp³-hybridized carbons (Fsp3) is 0.438. The molecule has 1 aromatic carbocycles. The van der Waals surface area contributed by atoms with Crippen molar-refractivity contribution in [3.05, 3.63) is 29.8 Å². The summed E-state index contributed by atoms with van der Waals surface area (Å²) in [5.74, 6) is -1.32. The molecule has 0 bridgehead atoms. The molecule has 2 aliphatic heterocycles. The number of carbonyl (C=O) groups is 3. The molecule has 0 radical (unpaired) electrons. The first-order chi connectivity index (χ1) is 11.6. The van der Waals surface area contributed by atoms with Crippen LogP contribution in [0.15, 0.2) is 24.3 Å². The van der Waals surface area contributed by atoms with Gasteiger partial charge in [0.25, 0.3) is 11.8 Å². The van der Waals surface area contributed by atoms with Crippen LogP contribution >= 0.6 is 11.8 Å². The molecule has 7 nitrogen and oxygen atoms in total. The number of rotatable bonds is 3. The van der Waals surface area contributed by atoms with Gasteiger partial charge in [-0.1, -0.05) is 0 Å². The Morgan fingerprint density at radius 3 is 2.46 bits per heavy atom. The lowest BCUT2D eigenvalue weighted by Crippen LogP contribution is -2.51. The first kappa shape index (κ1) is 16.7. The van der Waals surface area contributed by atoms with Gasteiger partial charge in [-0.05, 0) is 30.7 Å². The van der Waals surface area contributed by atoms with Crippen molar-refractivity contribution in [1.82, 2.24) is 15.1 Å². The van der Waals surface area contributed by atoms with Gasteiger partial charge in [0.1, 0.15) is 6.04 Å². The minimum Gasteiger partial charge on any atom is -0.369 e. The molecule has 1 aromatic rings. The van der Waals surface area contributed by atoms with Gasteiger partial charge in [-0.25, -0.2) is 4.42 Å². The average molecular weight is 351 g/mol. The first-order valence-corrected chi connectivity index (χ1v) is 8.29. The molecule has 0 spiro atoms. The van der Waals surface area contributed by atoms with Gasteiger partial charge in [-0.15, -0.1) is 0 Å². The number of piperidine rings is 1. The van der Waals surface area contributed by atoms with E-state index in [0.717, 1.165) is 36.3 Å². The number of nitrogens with zero attached hydrogens (tertiary/aromatic N) is 2. The standard InChI is InChI=1S/C16H19ClN4O3/c17-21(13-5-6-14(22)19-15(13)23)16(24)11-1-3-12(4-2-11)20-9-7-18-8-10-20/h1-4,13,18H,5-10H2,(H,19,22,23)/t13-/m0/s1. The second kappa shape index (κ2) is 7.19. The van der Waals surface area contributed by atoms with Crippen molar-refractivity contribution in [1.29, 1.82) is 0 Å². The van der Waals surface area contributed by atoms with E-state index in [-0.39, 0.29) is 18.7 Å². The minimum absolute atomic E-state index is 0.175. The van der Waals surface area contributed by atoms with Gasteiger partial charge >= 0.3 is 0 Å². The Hall–Kier alpha value is -2.12. The second-order valence-corrected chi connectivity index (χ2v) is 6.23. The third kappa shape index (κ3) is 3.52. The molecule has 24 heavy (non-hydrogen) atoms. The van der Waals surface area contributed by atoms with E-state index >= 15 is 0 Å². The van der Waals surface area contributed by atoms with E-state index in [1.165, 1.54) is 0 Å². The zero-order chi connectivity index (χ0) is 17.1. The highest BCUT2D eigenvalue weighted by molar-refractivity contribution is 6.26. The summed E-state index contributed by atoms with van der Waals surface area (Å²) in [7, 11) is 0. The van der Waals surface area contributed by atoms with E-state index in [1.54, 1.807) is 12.1 Å². The third-order valence-electron chi connectivity index (χ3n) is 4.27. The summed E-state index contributed by atoms with van der Waals surface area (Å²) in [6.07, 6.45) is 0.410. The van der Waals surface area contributed by atoms with E-state index in [1.807, 2.05) is 12.1 Å². The fourth-order valence-corrected chi connectivity index (χ4v) is 3.18. The number of piperazine rings is 1. The molecular weight excluding hydrogens is 332 g/mol. The summed E-state index contributed by atoms with van der Waals surface area (Å²) in [5.41, 5.74) is 1.46. The number of hydrogen-bond acceptors (Lipinski definition) is 5. The van der Waals surface area contributed by atoms with E-state index < -0.39 is 17.9 Å². The van der Waals surface area contributed by atoms with Crippen LogP contribution in [0.4, 0.5) is 5.69 Å². The monoisotopic (exact) mass is 350 g/mol. The van der Waals surface area contributed by atoms with Crippen molar-refractivity contribution >= 4 is 35.2 Å². The smallest absolute Gasteiger partial charge is 0.268 e. The second-order valence-electron chi connectivity index (χ2n) is 5.87. The molecule has 0 aliphatic carbocycles. The summed E-state index contributed by atoms with van der Waals surface area (Å²) in [6, 6.07) is 6.35. The van der Waals surface area contributed by atoms with Gasteiger partial charge in [0, 0.05) is 55.6 Å². The van der Waals surface area contributed by atoms with Gasteiger partial charge in [0.05, 0.1) is 0 Å². The molecule has 8 heteroatoms. The minimum atomic E-state index is -0.829. The highest BCUT2D eigenvalue weighted by atomic mass is 35.5. The highest BCUT2D eigenvalue weighted by Crippen LogP contribution is 2.21. The number of hydrogen-bond donors (Lipinski definition) is 2. The van der Waals surface area contributed by atoms with Crippen molar-refractivity contribution in [2.75, 3.05) is 31.1 Å². The lowest BCUT2D eigenvalue weighted by molar-refractivity contribution is -0.135. The molecule has 2 fully saturated rings. The van der Waals surface area contributed by atoms with E-state index in [0.29, 0.717) is 5.56 Å².